The molecule has 2 aromatic rings. The monoisotopic (exact) mass is 389 g/mol. The summed E-state index contributed by atoms with van der Waals surface area (Å²) in [5.41, 5.74) is 9.54. The lowest BCUT2D eigenvalue weighted by Crippen LogP contribution is -2.24. The van der Waals surface area contributed by atoms with Crippen molar-refractivity contribution in [2.75, 3.05) is 13.7 Å². The molecule has 0 aliphatic carbocycles. The van der Waals surface area contributed by atoms with Gasteiger partial charge in [-0.1, -0.05) is 12.1 Å². The number of carbonyl (C=O) groups excluding carboxylic acids is 3. The Kier molecular flexibility index (Phi) is 6.38. The summed E-state index contributed by atoms with van der Waals surface area (Å²) in [5.74, 6) is -3.64. The number of esters is 1. The Morgan fingerprint density at radius 1 is 1.21 bits per heavy atom. The number of aromatic hydroxyl groups is 1. The van der Waals surface area contributed by atoms with Crippen LogP contribution in [0.2, 0.25) is 0 Å². The summed E-state index contributed by atoms with van der Waals surface area (Å²) in [5, 5.41) is 10.5. The number of benzene rings is 1. The van der Waals surface area contributed by atoms with E-state index in [1.807, 2.05) is 0 Å². The molecule has 2 amide bonds. The van der Waals surface area contributed by atoms with Crippen molar-refractivity contribution < 1.29 is 29.0 Å². The third kappa shape index (κ3) is 4.67. The number of hydrogen-bond acceptors (Lipinski definition) is 7. The highest BCUT2D eigenvalue weighted by Gasteiger charge is 2.27. The lowest BCUT2D eigenvalue weighted by molar-refractivity contribution is -0.120. The number of nitrogens with two attached hydrogens (primary N) is 2. The van der Waals surface area contributed by atoms with Crippen molar-refractivity contribution in [2.24, 2.45) is 11.5 Å². The van der Waals surface area contributed by atoms with Gasteiger partial charge in [0.1, 0.15) is 17.1 Å². The van der Waals surface area contributed by atoms with Crippen LogP contribution in [0.3, 0.4) is 0 Å². The second-order valence-electron chi connectivity index (χ2n) is 5.84. The van der Waals surface area contributed by atoms with Crippen LogP contribution in [0.25, 0.3) is 0 Å². The predicted octanol–water partition coefficient (Wildman–Crippen LogP) is -0.261. The van der Waals surface area contributed by atoms with Gasteiger partial charge in [0, 0.05) is 18.5 Å². The average molecular weight is 389 g/mol. The Morgan fingerprint density at radius 2 is 1.93 bits per heavy atom. The van der Waals surface area contributed by atoms with Crippen molar-refractivity contribution in [2.45, 2.75) is 12.3 Å². The minimum absolute atomic E-state index is 0.228. The van der Waals surface area contributed by atoms with Crippen LogP contribution in [0.5, 0.6) is 11.5 Å². The number of H-pyrrole nitrogens is 1. The molecule has 28 heavy (non-hydrogen) atoms. The average Bonchev–Trinajstić information content (AvgIpc) is 2.65. The molecule has 10 nitrogen and oxygen atoms in total. The Hall–Kier alpha value is -3.82. The SMILES string of the molecule is COC(=O)c1c[nH]c(=O)c([C@H](CC(N)=O)c2cccc(OCC(N)=O)c2)c1O. The molecule has 1 atom stereocenters. The highest BCUT2D eigenvalue weighted by atomic mass is 16.5. The number of carbonyl (C=O) groups is 3. The second kappa shape index (κ2) is 8.71. The van der Waals surface area contributed by atoms with Crippen LogP contribution in [0, 0.1) is 0 Å². The first kappa shape index (κ1) is 20.5. The fraction of sp³-hybridized carbons (Fsp3) is 0.222. The number of aromatic amines is 1. The van der Waals surface area contributed by atoms with Gasteiger partial charge in [-0.2, -0.15) is 0 Å². The maximum absolute atomic E-state index is 12.4. The molecule has 0 fully saturated rings. The van der Waals surface area contributed by atoms with Crippen molar-refractivity contribution in [3.63, 3.8) is 0 Å². The van der Waals surface area contributed by atoms with Gasteiger partial charge >= 0.3 is 5.97 Å². The van der Waals surface area contributed by atoms with Crippen molar-refractivity contribution in [1.82, 2.24) is 4.98 Å². The zero-order chi connectivity index (χ0) is 20.8. The van der Waals surface area contributed by atoms with Crippen LogP contribution in [0.4, 0.5) is 0 Å². The fourth-order valence-corrected chi connectivity index (χ4v) is 2.69. The summed E-state index contributed by atoms with van der Waals surface area (Å²) in [4.78, 5) is 49.0. The summed E-state index contributed by atoms with van der Waals surface area (Å²) < 4.78 is 9.80. The first-order chi connectivity index (χ1) is 13.2. The first-order valence-electron chi connectivity index (χ1n) is 8.06. The highest BCUT2D eigenvalue weighted by Crippen LogP contribution is 2.34. The summed E-state index contributed by atoms with van der Waals surface area (Å²) in [7, 11) is 1.12. The van der Waals surface area contributed by atoms with E-state index in [4.69, 9.17) is 16.2 Å². The number of nitrogens with one attached hydrogen (secondary N) is 1. The van der Waals surface area contributed by atoms with Gasteiger partial charge in [0.25, 0.3) is 11.5 Å². The van der Waals surface area contributed by atoms with Crippen LogP contribution in [-0.4, -0.2) is 41.6 Å². The number of hydrogen-bond donors (Lipinski definition) is 4. The van der Waals surface area contributed by atoms with E-state index in [1.165, 1.54) is 6.07 Å². The third-order valence-corrected chi connectivity index (χ3v) is 3.90. The summed E-state index contributed by atoms with van der Waals surface area (Å²) in [6, 6.07) is 6.16. The van der Waals surface area contributed by atoms with Gasteiger partial charge in [0.05, 0.1) is 12.7 Å². The minimum atomic E-state index is -0.983. The molecule has 6 N–H and O–H groups in total. The largest absolute Gasteiger partial charge is 0.506 e. The van der Waals surface area contributed by atoms with Gasteiger partial charge < -0.3 is 31.0 Å². The molecule has 0 aliphatic heterocycles. The molecule has 0 unspecified atom stereocenters. The topological polar surface area (TPSA) is 175 Å². The van der Waals surface area contributed by atoms with E-state index >= 15 is 0 Å². The third-order valence-electron chi connectivity index (χ3n) is 3.90. The van der Waals surface area contributed by atoms with E-state index in [0.717, 1.165) is 13.3 Å². The molecule has 0 aliphatic rings. The number of ether oxygens (including phenoxy) is 2. The number of aromatic nitrogens is 1. The molecule has 0 bridgehead atoms. The van der Waals surface area contributed by atoms with Crippen LogP contribution < -0.4 is 21.8 Å². The number of amides is 2. The quantitative estimate of drug-likeness (QED) is 0.450. The highest BCUT2D eigenvalue weighted by molar-refractivity contribution is 5.92. The molecule has 0 spiro atoms. The maximum Gasteiger partial charge on any atom is 0.343 e. The molecule has 0 saturated carbocycles. The van der Waals surface area contributed by atoms with E-state index in [-0.39, 0.29) is 29.9 Å². The maximum atomic E-state index is 12.4. The Bertz CT molecular complexity index is 968. The van der Waals surface area contributed by atoms with Crippen molar-refractivity contribution >= 4 is 17.8 Å². The molecular formula is C18H19N3O7. The smallest absolute Gasteiger partial charge is 0.343 e. The number of rotatable bonds is 8. The van der Waals surface area contributed by atoms with Gasteiger partial charge in [0.2, 0.25) is 5.91 Å². The van der Waals surface area contributed by atoms with E-state index in [1.54, 1.807) is 18.2 Å². The van der Waals surface area contributed by atoms with Crippen molar-refractivity contribution in [3.05, 3.63) is 57.5 Å². The van der Waals surface area contributed by atoms with Gasteiger partial charge in [-0.25, -0.2) is 4.79 Å². The Labute approximate surface area is 159 Å². The minimum Gasteiger partial charge on any atom is -0.506 e. The second-order valence-corrected chi connectivity index (χ2v) is 5.84. The van der Waals surface area contributed by atoms with Crippen molar-refractivity contribution in [3.8, 4) is 11.5 Å². The van der Waals surface area contributed by atoms with Crippen LogP contribution >= 0.6 is 0 Å². The Balaban J connectivity index is 2.58. The molecule has 1 aromatic carbocycles. The summed E-state index contributed by atoms with van der Waals surface area (Å²) >= 11 is 0. The molecule has 1 aromatic heterocycles. The van der Waals surface area contributed by atoms with Gasteiger partial charge in [0.15, 0.2) is 6.61 Å². The molecular weight excluding hydrogens is 370 g/mol. The zero-order valence-corrected chi connectivity index (χ0v) is 14.9. The van der Waals surface area contributed by atoms with E-state index in [0.29, 0.717) is 5.56 Å². The first-order valence-corrected chi connectivity index (χ1v) is 8.06. The van der Waals surface area contributed by atoms with Crippen LogP contribution in [0.15, 0.2) is 35.3 Å². The van der Waals surface area contributed by atoms with E-state index in [9.17, 15) is 24.3 Å². The molecule has 1 heterocycles. The standard InChI is InChI=1S/C18H19N3O7/c1-27-18(26)12-7-21-17(25)15(16(12)24)11(6-13(19)22)9-3-2-4-10(5-9)28-8-14(20)23/h2-5,7,11H,6,8H2,1H3,(H2,19,22)(H2,20,23)(H2,21,24,25)/t11-/m1/s1. The lowest BCUT2D eigenvalue weighted by atomic mass is 9.87. The predicted molar refractivity (Wildman–Crippen MR) is 96.9 cm³/mol. The lowest BCUT2D eigenvalue weighted by Gasteiger charge is -2.18. The van der Waals surface area contributed by atoms with Crippen LogP contribution in [-0.2, 0) is 14.3 Å². The van der Waals surface area contributed by atoms with Crippen molar-refractivity contribution in [1.29, 1.82) is 0 Å². The van der Waals surface area contributed by atoms with E-state index in [2.05, 4.69) is 9.72 Å². The van der Waals surface area contributed by atoms with Gasteiger partial charge in [-0.3, -0.25) is 14.4 Å². The number of primary amides is 2. The Morgan fingerprint density at radius 3 is 2.54 bits per heavy atom. The van der Waals surface area contributed by atoms with Gasteiger partial charge in [-0.05, 0) is 17.7 Å². The molecule has 0 saturated heterocycles. The number of methoxy groups -OCH3 is 1. The zero-order valence-electron chi connectivity index (χ0n) is 14.9. The molecule has 148 valence electrons. The molecule has 2 rings (SSSR count). The van der Waals surface area contributed by atoms with E-state index < -0.39 is 35.0 Å². The summed E-state index contributed by atoms with van der Waals surface area (Å²) in [6.07, 6.45) is 0.682. The molecule has 10 heteroatoms. The fourth-order valence-electron chi connectivity index (χ4n) is 2.69. The normalized spacial score (nSPS) is 11.5. The molecule has 0 radical (unpaired) electrons. The van der Waals surface area contributed by atoms with Crippen LogP contribution in [0.1, 0.15) is 33.8 Å². The number of pyridine rings is 1. The summed E-state index contributed by atoms with van der Waals surface area (Å²) in [6.45, 7) is -0.367. The van der Waals surface area contributed by atoms with Gasteiger partial charge in [-0.15, -0.1) is 0 Å².